The summed E-state index contributed by atoms with van der Waals surface area (Å²) in [5, 5.41) is 10.4. The van der Waals surface area contributed by atoms with Crippen LogP contribution in [-0.2, 0) is 0 Å². The van der Waals surface area contributed by atoms with Crippen LogP contribution < -0.4 is 0 Å². The Hall–Kier alpha value is 0.0500. The third kappa shape index (κ3) is 1.74. The highest BCUT2D eigenvalue weighted by molar-refractivity contribution is 8.00. The van der Waals surface area contributed by atoms with Gasteiger partial charge in [0.05, 0.1) is 6.10 Å². The van der Waals surface area contributed by atoms with E-state index in [1.807, 2.05) is 11.8 Å². The van der Waals surface area contributed by atoms with E-state index >= 15 is 0 Å². The Labute approximate surface area is 91.0 Å². The smallest absolute Gasteiger partial charge is 0.0896 e. The maximum Gasteiger partial charge on any atom is 0.0896 e. The molecule has 2 aliphatic rings. The molecule has 0 aromatic carbocycles. The van der Waals surface area contributed by atoms with Crippen LogP contribution in [0.3, 0.4) is 0 Å². The first-order valence-electron chi connectivity index (χ1n) is 5.71. The van der Waals surface area contributed by atoms with Crippen LogP contribution in [0.1, 0.15) is 44.9 Å². The minimum absolute atomic E-state index is 0.161. The molecule has 0 radical (unpaired) electrons. The van der Waals surface area contributed by atoms with Crippen molar-refractivity contribution in [3.05, 3.63) is 11.6 Å². The molecule has 1 nitrogen and oxygen atoms in total. The van der Waals surface area contributed by atoms with Gasteiger partial charge in [-0.05, 0) is 50.4 Å². The summed E-state index contributed by atoms with van der Waals surface area (Å²) in [6.45, 7) is 0. The zero-order chi connectivity index (χ0) is 10.0. The molecule has 1 unspecified atom stereocenters. The van der Waals surface area contributed by atoms with Crippen molar-refractivity contribution in [2.45, 2.75) is 55.8 Å². The average molecular weight is 212 g/mol. The lowest BCUT2D eigenvalue weighted by atomic mass is 9.75. The van der Waals surface area contributed by atoms with E-state index in [-0.39, 0.29) is 10.9 Å². The first-order valence-corrected chi connectivity index (χ1v) is 6.93. The Kier molecular flexibility index (Phi) is 3.23. The molecule has 0 bridgehead atoms. The highest BCUT2D eigenvalue weighted by Gasteiger charge is 2.44. The predicted molar refractivity (Wildman–Crippen MR) is 62.7 cm³/mol. The lowest BCUT2D eigenvalue weighted by Crippen LogP contribution is -2.46. The van der Waals surface area contributed by atoms with Gasteiger partial charge in [0.2, 0.25) is 0 Å². The zero-order valence-corrected chi connectivity index (χ0v) is 9.78. The molecule has 0 saturated heterocycles. The van der Waals surface area contributed by atoms with Crippen LogP contribution >= 0.6 is 11.8 Å². The Morgan fingerprint density at radius 3 is 2.57 bits per heavy atom. The molecule has 1 atom stereocenters. The lowest BCUT2D eigenvalue weighted by molar-refractivity contribution is 0.113. The molecular weight excluding hydrogens is 192 g/mol. The molecule has 14 heavy (non-hydrogen) atoms. The normalized spacial score (nSPS) is 27.7. The predicted octanol–water partition coefficient (Wildman–Crippen LogP) is 3.13. The van der Waals surface area contributed by atoms with Gasteiger partial charge in [0, 0.05) is 4.75 Å². The van der Waals surface area contributed by atoms with Gasteiger partial charge in [0.25, 0.3) is 0 Å². The number of rotatable bonds is 3. The van der Waals surface area contributed by atoms with Crippen LogP contribution in [0, 0.1) is 0 Å². The second kappa shape index (κ2) is 4.28. The van der Waals surface area contributed by atoms with E-state index in [2.05, 4.69) is 12.3 Å². The van der Waals surface area contributed by atoms with Gasteiger partial charge >= 0.3 is 0 Å². The number of thioether (sulfide) groups is 1. The van der Waals surface area contributed by atoms with Crippen LogP contribution in [0.5, 0.6) is 0 Å². The van der Waals surface area contributed by atoms with Crippen LogP contribution in [0.15, 0.2) is 11.6 Å². The van der Waals surface area contributed by atoms with Gasteiger partial charge in [-0.1, -0.05) is 12.5 Å². The van der Waals surface area contributed by atoms with Crippen LogP contribution in [0.2, 0.25) is 0 Å². The molecular formula is C12H20OS. The minimum atomic E-state index is -0.161. The summed E-state index contributed by atoms with van der Waals surface area (Å²) in [7, 11) is 0. The number of aliphatic hydroxyl groups is 1. The van der Waals surface area contributed by atoms with Crippen molar-refractivity contribution in [2.75, 3.05) is 6.26 Å². The fourth-order valence-electron chi connectivity index (χ4n) is 2.56. The molecule has 1 saturated carbocycles. The standard InChI is InChI=1S/C12H20OS/c1-14-12(8-5-9-12)11(13)10-6-3-2-4-7-10/h6,11,13H,2-5,7-9H2,1H3. The molecule has 0 aromatic heterocycles. The van der Waals surface area contributed by atoms with Crippen molar-refractivity contribution in [1.82, 2.24) is 0 Å². The van der Waals surface area contributed by atoms with Crippen molar-refractivity contribution in [1.29, 1.82) is 0 Å². The summed E-state index contributed by atoms with van der Waals surface area (Å²) in [6.07, 6.45) is 12.9. The number of aliphatic hydroxyl groups excluding tert-OH is 1. The molecule has 0 aromatic rings. The van der Waals surface area contributed by atoms with Gasteiger partial charge in [0.15, 0.2) is 0 Å². The first-order chi connectivity index (χ1) is 6.78. The Balaban J connectivity index is 2.05. The Morgan fingerprint density at radius 2 is 2.14 bits per heavy atom. The van der Waals surface area contributed by atoms with Crippen LogP contribution in [-0.4, -0.2) is 22.2 Å². The van der Waals surface area contributed by atoms with E-state index in [1.54, 1.807) is 0 Å². The third-order valence-corrected chi connectivity index (χ3v) is 5.23. The van der Waals surface area contributed by atoms with Gasteiger partial charge in [-0.2, -0.15) is 11.8 Å². The van der Waals surface area contributed by atoms with Gasteiger partial charge < -0.3 is 5.11 Å². The second-order valence-electron chi connectivity index (χ2n) is 4.55. The second-order valence-corrected chi connectivity index (χ2v) is 5.77. The molecule has 0 amide bonds. The maximum atomic E-state index is 10.4. The Morgan fingerprint density at radius 1 is 1.36 bits per heavy atom. The SMILES string of the molecule is CSC1(C(O)C2=CCCCC2)CCC1. The summed E-state index contributed by atoms with van der Waals surface area (Å²) >= 11 is 1.87. The van der Waals surface area contributed by atoms with Crippen LogP contribution in [0.25, 0.3) is 0 Å². The molecule has 1 N–H and O–H groups in total. The van der Waals surface area contributed by atoms with E-state index in [0.29, 0.717) is 0 Å². The molecule has 0 spiro atoms. The molecule has 2 aliphatic carbocycles. The van der Waals surface area contributed by atoms with E-state index in [4.69, 9.17) is 0 Å². The highest BCUT2D eigenvalue weighted by Crippen LogP contribution is 2.48. The van der Waals surface area contributed by atoms with E-state index < -0.39 is 0 Å². The monoisotopic (exact) mass is 212 g/mol. The fraction of sp³-hybridized carbons (Fsp3) is 0.833. The fourth-order valence-corrected chi connectivity index (χ4v) is 3.64. The molecule has 1 fully saturated rings. The number of allylic oxidation sites excluding steroid dienone is 1. The minimum Gasteiger partial charge on any atom is -0.387 e. The molecule has 0 heterocycles. The van der Waals surface area contributed by atoms with Gasteiger partial charge in [-0.25, -0.2) is 0 Å². The summed E-state index contributed by atoms with van der Waals surface area (Å²) < 4.78 is 0.184. The molecule has 80 valence electrons. The quantitative estimate of drug-likeness (QED) is 0.725. The summed E-state index contributed by atoms with van der Waals surface area (Å²) in [5.74, 6) is 0. The summed E-state index contributed by atoms with van der Waals surface area (Å²) in [4.78, 5) is 0. The molecule has 2 rings (SSSR count). The maximum absolute atomic E-state index is 10.4. The van der Waals surface area contributed by atoms with Crippen molar-refractivity contribution in [2.24, 2.45) is 0 Å². The lowest BCUT2D eigenvalue weighted by Gasteiger charge is -2.45. The van der Waals surface area contributed by atoms with Crippen molar-refractivity contribution in [3.8, 4) is 0 Å². The number of hydrogen-bond donors (Lipinski definition) is 1. The van der Waals surface area contributed by atoms with Gasteiger partial charge in [0.1, 0.15) is 0 Å². The topological polar surface area (TPSA) is 20.2 Å². The van der Waals surface area contributed by atoms with E-state index in [1.165, 1.54) is 44.1 Å². The molecule has 0 aliphatic heterocycles. The molecule has 2 heteroatoms. The van der Waals surface area contributed by atoms with Crippen molar-refractivity contribution < 1.29 is 5.11 Å². The van der Waals surface area contributed by atoms with Crippen molar-refractivity contribution >= 4 is 11.8 Å². The number of hydrogen-bond acceptors (Lipinski definition) is 2. The van der Waals surface area contributed by atoms with Crippen LogP contribution in [0.4, 0.5) is 0 Å². The third-order valence-electron chi connectivity index (χ3n) is 3.78. The van der Waals surface area contributed by atoms with Crippen molar-refractivity contribution in [3.63, 3.8) is 0 Å². The largest absolute Gasteiger partial charge is 0.387 e. The Bertz CT molecular complexity index is 225. The van der Waals surface area contributed by atoms with E-state index in [0.717, 1.165) is 6.42 Å². The average Bonchev–Trinajstić information content (AvgIpc) is 2.18. The van der Waals surface area contributed by atoms with E-state index in [9.17, 15) is 5.11 Å². The summed E-state index contributed by atoms with van der Waals surface area (Å²) in [5.41, 5.74) is 1.32. The first kappa shape index (κ1) is 10.6. The highest BCUT2D eigenvalue weighted by atomic mass is 32.2. The van der Waals surface area contributed by atoms with Gasteiger partial charge in [-0.15, -0.1) is 0 Å². The zero-order valence-electron chi connectivity index (χ0n) is 8.96. The van der Waals surface area contributed by atoms with Gasteiger partial charge in [-0.3, -0.25) is 0 Å². The summed E-state index contributed by atoms with van der Waals surface area (Å²) in [6, 6.07) is 0.